The standard InChI is InChI=1S/C7H7O3S/c1-9-5-3-6(11-4-5)7(8)10-2/h3H,1-2H3. The summed E-state index contributed by atoms with van der Waals surface area (Å²) in [6, 6.07) is 1.59. The third-order valence-electron chi connectivity index (χ3n) is 1.13. The minimum atomic E-state index is -0.352. The molecule has 1 aromatic rings. The van der Waals surface area contributed by atoms with E-state index in [0.717, 1.165) is 0 Å². The quantitative estimate of drug-likeness (QED) is 0.630. The Labute approximate surface area is 68.6 Å². The smallest absolute Gasteiger partial charge is 0.348 e. The monoisotopic (exact) mass is 171 g/mol. The van der Waals surface area contributed by atoms with E-state index in [1.54, 1.807) is 6.07 Å². The predicted octanol–water partition coefficient (Wildman–Crippen LogP) is 1.34. The highest BCUT2D eigenvalue weighted by atomic mass is 32.1. The second-order valence-electron chi connectivity index (χ2n) is 1.77. The summed E-state index contributed by atoms with van der Waals surface area (Å²) in [5, 5.41) is 2.79. The van der Waals surface area contributed by atoms with Crippen LogP contribution < -0.4 is 4.74 Å². The maximum atomic E-state index is 10.9. The van der Waals surface area contributed by atoms with E-state index in [4.69, 9.17) is 4.74 Å². The van der Waals surface area contributed by atoms with E-state index in [1.165, 1.54) is 25.6 Å². The Bertz CT molecular complexity index is 254. The molecule has 1 radical (unpaired) electrons. The zero-order valence-corrected chi connectivity index (χ0v) is 7.03. The molecule has 1 rings (SSSR count). The van der Waals surface area contributed by atoms with Gasteiger partial charge in [0.25, 0.3) is 0 Å². The van der Waals surface area contributed by atoms with Crippen molar-refractivity contribution in [2.45, 2.75) is 0 Å². The summed E-state index contributed by atoms with van der Waals surface area (Å²) < 4.78 is 9.33. The van der Waals surface area contributed by atoms with Gasteiger partial charge in [0.1, 0.15) is 10.6 Å². The van der Waals surface area contributed by atoms with E-state index < -0.39 is 0 Å². The van der Waals surface area contributed by atoms with Crippen molar-refractivity contribution in [3.8, 4) is 5.75 Å². The van der Waals surface area contributed by atoms with Crippen LogP contribution >= 0.6 is 11.3 Å². The fourth-order valence-electron chi connectivity index (χ4n) is 0.585. The molecule has 0 fully saturated rings. The lowest BCUT2D eigenvalue weighted by Crippen LogP contribution is -1.96. The van der Waals surface area contributed by atoms with Crippen LogP contribution in [-0.2, 0) is 4.74 Å². The Hall–Kier alpha value is -1.03. The molecule has 0 aliphatic heterocycles. The molecule has 0 saturated heterocycles. The Morgan fingerprint density at radius 2 is 2.36 bits per heavy atom. The van der Waals surface area contributed by atoms with Crippen molar-refractivity contribution in [2.75, 3.05) is 14.2 Å². The second-order valence-corrected chi connectivity index (χ2v) is 2.62. The number of thiophene rings is 1. The lowest BCUT2D eigenvalue weighted by Gasteiger charge is -1.91. The number of rotatable bonds is 2. The number of esters is 1. The largest absolute Gasteiger partial charge is 0.495 e. The van der Waals surface area contributed by atoms with E-state index in [9.17, 15) is 4.79 Å². The van der Waals surface area contributed by atoms with Crippen LogP contribution in [0.2, 0.25) is 0 Å². The molecule has 0 aliphatic carbocycles. The maximum absolute atomic E-state index is 10.9. The average molecular weight is 171 g/mol. The van der Waals surface area contributed by atoms with Gasteiger partial charge in [-0.25, -0.2) is 4.79 Å². The first-order chi connectivity index (χ1) is 5.27. The Morgan fingerprint density at radius 1 is 1.64 bits per heavy atom. The Morgan fingerprint density at radius 3 is 2.82 bits per heavy atom. The van der Waals surface area contributed by atoms with E-state index in [2.05, 4.69) is 10.1 Å². The average Bonchev–Trinajstić information content (AvgIpc) is 2.50. The van der Waals surface area contributed by atoms with Gasteiger partial charge in [-0.05, 0) is 0 Å². The SMILES string of the molecule is COC(=O)c1cc(OC)[c]s1. The van der Waals surface area contributed by atoms with Crippen molar-refractivity contribution in [3.63, 3.8) is 0 Å². The van der Waals surface area contributed by atoms with Gasteiger partial charge in [0.15, 0.2) is 0 Å². The van der Waals surface area contributed by atoms with Gasteiger partial charge >= 0.3 is 5.97 Å². The molecule has 3 nitrogen and oxygen atoms in total. The molecular formula is C7H7O3S. The first-order valence-corrected chi connectivity index (χ1v) is 3.73. The van der Waals surface area contributed by atoms with Crippen molar-refractivity contribution in [2.24, 2.45) is 0 Å². The van der Waals surface area contributed by atoms with Crippen molar-refractivity contribution in [1.29, 1.82) is 0 Å². The van der Waals surface area contributed by atoms with Gasteiger partial charge in [-0.3, -0.25) is 0 Å². The fraction of sp³-hybridized carbons (Fsp3) is 0.286. The Kier molecular flexibility index (Phi) is 2.48. The highest BCUT2D eigenvalue weighted by Gasteiger charge is 2.08. The number of carbonyl (C=O) groups is 1. The normalized spacial score (nSPS) is 9.27. The highest BCUT2D eigenvalue weighted by Crippen LogP contribution is 2.20. The molecule has 1 aromatic heterocycles. The van der Waals surface area contributed by atoms with Gasteiger partial charge < -0.3 is 9.47 Å². The molecule has 59 valence electrons. The van der Waals surface area contributed by atoms with Crippen molar-refractivity contribution in [1.82, 2.24) is 0 Å². The number of carbonyl (C=O) groups excluding carboxylic acids is 1. The maximum Gasteiger partial charge on any atom is 0.348 e. The fourth-order valence-corrected chi connectivity index (χ4v) is 1.27. The van der Waals surface area contributed by atoms with E-state index in [0.29, 0.717) is 10.6 Å². The summed E-state index contributed by atoms with van der Waals surface area (Å²) >= 11 is 1.18. The summed E-state index contributed by atoms with van der Waals surface area (Å²) in [7, 11) is 2.87. The summed E-state index contributed by atoms with van der Waals surface area (Å²) in [6.07, 6.45) is 0. The summed E-state index contributed by atoms with van der Waals surface area (Å²) in [5.41, 5.74) is 0. The first-order valence-electron chi connectivity index (χ1n) is 2.91. The lowest BCUT2D eigenvalue weighted by atomic mass is 10.4. The summed E-state index contributed by atoms with van der Waals surface area (Å²) in [6.45, 7) is 0. The summed E-state index contributed by atoms with van der Waals surface area (Å²) in [5.74, 6) is 0.213. The number of hydrogen-bond donors (Lipinski definition) is 0. The van der Waals surface area contributed by atoms with Gasteiger partial charge in [0.05, 0.1) is 19.6 Å². The van der Waals surface area contributed by atoms with Crippen LogP contribution in [0.15, 0.2) is 6.07 Å². The summed E-state index contributed by atoms with van der Waals surface area (Å²) in [4.78, 5) is 11.4. The lowest BCUT2D eigenvalue weighted by molar-refractivity contribution is 0.0606. The molecular weight excluding hydrogens is 164 g/mol. The molecule has 0 amide bonds. The zero-order chi connectivity index (χ0) is 8.27. The molecule has 0 aromatic carbocycles. The highest BCUT2D eigenvalue weighted by molar-refractivity contribution is 7.11. The van der Waals surface area contributed by atoms with Crippen LogP contribution in [-0.4, -0.2) is 20.2 Å². The van der Waals surface area contributed by atoms with E-state index in [1.807, 2.05) is 0 Å². The molecule has 0 N–H and O–H groups in total. The minimum Gasteiger partial charge on any atom is -0.495 e. The topological polar surface area (TPSA) is 35.5 Å². The molecule has 1 heterocycles. The molecule has 0 saturated carbocycles. The molecule has 4 heteroatoms. The molecule has 0 aliphatic rings. The van der Waals surface area contributed by atoms with Gasteiger partial charge in [-0.1, -0.05) is 0 Å². The van der Waals surface area contributed by atoms with Crippen LogP contribution in [0, 0.1) is 5.38 Å². The number of methoxy groups -OCH3 is 2. The van der Waals surface area contributed by atoms with Gasteiger partial charge in [0, 0.05) is 6.07 Å². The number of ether oxygens (including phenoxy) is 2. The molecule has 0 spiro atoms. The second kappa shape index (κ2) is 3.39. The van der Waals surface area contributed by atoms with Gasteiger partial charge in [-0.2, -0.15) is 0 Å². The molecule has 0 bridgehead atoms. The first kappa shape index (κ1) is 8.07. The van der Waals surface area contributed by atoms with Crippen LogP contribution in [0.4, 0.5) is 0 Å². The minimum absolute atomic E-state index is 0.352. The van der Waals surface area contributed by atoms with Crippen LogP contribution in [0.3, 0.4) is 0 Å². The third-order valence-corrected chi connectivity index (χ3v) is 1.94. The molecule has 0 unspecified atom stereocenters. The van der Waals surface area contributed by atoms with E-state index in [-0.39, 0.29) is 5.97 Å². The number of hydrogen-bond acceptors (Lipinski definition) is 4. The van der Waals surface area contributed by atoms with Crippen LogP contribution in [0.5, 0.6) is 5.75 Å². The van der Waals surface area contributed by atoms with Gasteiger partial charge in [-0.15, -0.1) is 11.3 Å². The Balaban J connectivity index is 2.80. The van der Waals surface area contributed by atoms with Crippen molar-refractivity contribution >= 4 is 17.3 Å². The predicted molar refractivity (Wildman–Crippen MR) is 41.0 cm³/mol. The van der Waals surface area contributed by atoms with Crippen LogP contribution in [0.1, 0.15) is 9.67 Å². The van der Waals surface area contributed by atoms with Gasteiger partial charge in [0.2, 0.25) is 0 Å². The molecule has 0 atom stereocenters. The van der Waals surface area contributed by atoms with Crippen molar-refractivity contribution < 1.29 is 14.3 Å². The zero-order valence-electron chi connectivity index (χ0n) is 6.21. The van der Waals surface area contributed by atoms with Crippen molar-refractivity contribution in [3.05, 3.63) is 16.3 Å². The molecule has 11 heavy (non-hydrogen) atoms. The van der Waals surface area contributed by atoms with Crippen LogP contribution in [0.25, 0.3) is 0 Å². The third kappa shape index (κ3) is 1.71. The van der Waals surface area contributed by atoms with E-state index >= 15 is 0 Å².